The van der Waals surface area contributed by atoms with Gasteiger partial charge in [0.2, 0.25) is 0 Å². The number of hydrogen-bond acceptors (Lipinski definition) is 2. The van der Waals surface area contributed by atoms with Gasteiger partial charge in [0.15, 0.2) is 0 Å². The second-order valence-electron chi connectivity index (χ2n) is 2.35. The molecule has 56 valence electrons. The molecule has 3 nitrogen and oxygen atoms in total. The second-order valence-corrected chi connectivity index (χ2v) is 2.35. The number of anilines is 1. The molecule has 0 aliphatic rings. The molecule has 0 aliphatic heterocycles. The smallest absolute Gasteiger partial charge is 0.111 e. The second kappa shape index (κ2) is 2.27. The topological polar surface area (TPSA) is 40.7 Å². The first-order valence-electron chi connectivity index (χ1n) is 3.51. The van der Waals surface area contributed by atoms with Gasteiger partial charge in [-0.3, -0.25) is 4.98 Å². The minimum Gasteiger partial charge on any atom is -0.385 e. The molecular weight excluding hydrogens is 138 g/mol. The summed E-state index contributed by atoms with van der Waals surface area (Å²) in [5.74, 6) is 0. The minimum absolute atomic E-state index is 0.995. The summed E-state index contributed by atoms with van der Waals surface area (Å²) < 4.78 is 0. The first-order valence-corrected chi connectivity index (χ1v) is 3.51. The molecule has 2 aromatic rings. The summed E-state index contributed by atoms with van der Waals surface area (Å²) in [4.78, 5) is 7.33. The van der Waals surface area contributed by atoms with Gasteiger partial charge in [0.1, 0.15) is 5.52 Å². The molecule has 0 fully saturated rings. The Bertz CT molecular complexity index is 364. The molecule has 0 atom stereocenters. The van der Waals surface area contributed by atoms with Crippen LogP contribution in [0, 0.1) is 0 Å². The SMILES string of the molecule is CNc1c[nH]c2cccnc12. The molecule has 0 unspecified atom stereocenters. The van der Waals surface area contributed by atoms with E-state index in [0.29, 0.717) is 0 Å². The van der Waals surface area contributed by atoms with Crippen molar-refractivity contribution < 1.29 is 0 Å². The summed E-state index contributed by atoms with van der Waals surface area (Å²) in [6.45, 7) is 0. The van der Waals surface area contributed by atoms with Crippen molar-refractivity contribution in [3.8, 4) is 0 Å². The lowest BCUT2D eigenvalue weighted by atomic mass is 10.3. The van der Waals surface area contributed by atoms with Gasteiger partial charge in [0.25, 0.3) is 0 Å². The van der Waals surface area contributed by atoms with Crippen molar-refractivity contribution in [2.24, 2.45) is 0 Å². The number of fused-ring (bicyclic) bond motifs is 1. The third kappa shape index (κ3) is 0.852. The predicted octanol–water partition coefficient (Wildman–Crippen LogP) is 1.60. The molecule has 2 rings (SSSR count). The Morgan fingerprint density at radius 3 is 3.27 bits per heavy atom. The van der Waals surface area contributed by atoms with E-state index in [2.05, 4.69) is 15.3 Å². The number of H-pyrrole nitrogens is 1. The van der Waals surface area contributed by atoms with Crippen molar-refractivity contribution in [1.29, 1.82) is 0 Å². The Hall–Kier alpha value is -1.51. The minimum atomic E-state index is 0.995. The zero-order valence-corrected chi connectivity index (χ0v) is 6.26. The Morgan fingerprint density at radius 2 is 2.45 bits per heavy atom. The quantitative estimate of drug-likeness (QED) is 0.643. The van der Waals surface area contributed by atoms with Crippen molar-refractivity contribution in [2.75, 3.05) is 12.4 Å². The van der Waals surface area contributed by atoms with Crippen LogP contribution in [0.5, 0.6) is 0 Å². The summed E-state index contributed by atoms with van der Waals surface area (Å²) in [6.07, 6.45) is 3.70. The predicted molar refractivity (Wildman–Crippen MR) is 45.6 cm³/mol. The largest absolute Gasteiger partial charge is 0.385 e. The maximum Gasteiger partial charge on any atom is 0.111 e. The monoisotopic (exact) mass is 147 g/mol. The fraction of sp³-hybridized carbons (Fsp3) is 0.125. The van der Waals surface area contributed by atoms with Crippen LogP contribution in [0.25, 0.3) is 11.0 Å². The highest BCUT2D eigenvalue weighted by Gasteiger charge is 1.99. The molecular formula is C8H9N3. The zero-order valence-electron chi connectivity index (χ0n) is 6.26. The maximum atomic E-state index is 4.22. The van der Waals surface area contributed by atoms with Crippen LogP contribution in [0.15, 0.2) is 24.5 Å². The number of hydrogen-bond donors (Lipinski definition) is 2. The Labute approximate surface area is 64.5 Å². The first kappa shape index (κ1) is 6.22. The Balaban J connectivity index is 2.76. The van der Waals surface area contributed by atoms with Crippen LogP contribution in [-0.2, 0) is 0 Å². The Kier molecular flexibility index (Phi) is 1.28. The van der Waals surface area contributed by atoms with Crippen molar-refractivity contribution >= 4 is 16.7 Å². The van der Waals surface area contributed by atoms with Gasteiger partial charge in [-0.05, 0) is 12.1 Å². The number of nitrogens with zero attached hydrogens (tertiary/aromatic N) is 1. The van der Waals surface area contributed by atoms with Crippen LogP contribution >= 0.6 is 0 Å². The van der Waals surface area contributed by atoms with Gasteiger partial charge < -0.3 is 10.3 Å². The molecule has 0 aromatic carbocycles. The number of aromatic nitrogens is 2. The third-order valence-electron chi connectivity index (χ3n) is 1.70. The normalized spacial score (nSPS) is 10.3. The number of aromatic amines is 1. The van der Waals surface area contributed by atoms with Crippen molar-refractivity contribution in [3.63, 3.8) is 0 Å². The lowest BCUT2D eigenvalue weighted by Gasteiger charge is -1.92. The van der Waals surface area contributed by atoms with E-state index in [0.717, 1.165) is 16.7 Å². The molecule has 3 heteroatoms. The molecule has 0 bridgehead atoms. The fourth-order valence-corrected chi connectivity index (χ4v) is 1.15. The van der Waals surface area contributed by atoms with Gasteiger partial charge in [-0.15, -0.1) is 0 Å². The van der Waals surface area contributed by atoms with E-state index in [1.165, 1.54) is 0 Å². The molecule has 0 saturated carbocycles. The average molecular weight is 147 g/mol. The highest BCUT2D eigenvalue weighted by Crippen LogP contribution is 2.18. The van der Waals surface area contributed by atoms with Crippen LogP contribution in [0.2, 0.25) is 0 Å². The zero-order chi connectivity index (χ0) is 7.68. The number of pyridine rings is 1. The molecule has 0 radical (unpaired) electrons. The van der Waals surface area contributed by atoms with Crippen LogP contribution in [-0.4, -0.2) is 17.0 Å². The van der Waals surface area contributed by atoms with Gasteiger partial charge in [0, 0.05) is 19.4 Å². The van der Waals surface area contributed by atoms with E-state index in [-0.39, 0.29) is 0 Å². The summed E-state index contributed by atoms with van der Waals surface area (Å²) in [5, 5.41) is 3.06. The standard InChI is InChI=1S/C8H9N3/c1-9-7-5-11-6-3-2-4-10-8(6)7/h2-5,9,11H,1H3. The fourth-order valence-electron chi connectivity index (χ4n) is 1.15. The van der Waals surface area contributed by atoms with E-state index < -0.39 is 0 Å². The van der Waals surface area contributed by atoms with Gasteiger partial charge in [-0.25, -0.2) is 0 Å². The summed E-state index contributed by atoms with van der Waals surface area (Å²) in [6, 6.07) is 3.92. The van der Waals surface area contributed by atoms with Crippen LogP contribution in [0.1, 0.15) is 0 Å². The summed E-state index contributed by atoms with van der Waals surface area (Å²) in [5.41, 5.74) is 3.10. The highest BCUT2D eigenvalue weighted by atomic mass is 14.9. The number of nitrogens with one attached hydrogen (secondary N) is 2. The first-order chi connectivity index (χ1) is 5.42. The third-order valence-corrected chi connectivity index (χ3v) is 1.70. The summed E-state index contributed by atoms with van der Waals surface area (Å²) in [7, 11) is 1.89. The van der Waals surface area contributed by atoms with Gasteiger partial charge >= 0.3 is 0 Å². The molecule has 11 heavy (non-hydrogen) atoms. The van der Waals surface area contributed by atoms with E-state index in [9.17, 15) is 0 Å². The molecule has 2 N–H and O–H groups in total. The van der Waals surface area contributed by atoms with E-state index in [4.69, 9.17) is 0 Å². The van der Waals surface area contributed by atoms with Gasteiger partial charge in [-0.1, -0.05) is 0 Å². The van der Waals surface area contributed by atoms with E-state index >= 15 is 0 Å². The van der Waals surface area contributed by atoms with Gasteiger partial charge in [0.05, 0.1) is 11.2 Å². The van der Waals surface area contributed by atoms with Crippen LogP contribution < -0.4 is 5.32 Å². The molecule has 2 heterocycles. The molecule has 0 aliphatic carbocycles. The van der Waals surface area contributed by atoms with Crippen LogP contribution in [0.4, 0.5) is 5.69 Å². The highest BCUT2D eigenvalue weighted by molar-refractivity contribution is 5.88. The van der Waals surface area contributed by atoms with Crippen molar-refractivity contribution in [3.05, 3.63) is 24.5 Å². The maximum absolute atomic E-state index is 4.22. The van der Waals surface area contributed by atoms with E-state index in [1.807, 2.05) is 25.4 Å². The lowest BCUT2D eigenvalue weighted by molar-refractivity contribution is 1.40. The number of rotatable bonds is 1. The average Bonchev–Trinajstić information content (AvgIpc) is 2.47. The van der Waals surface area contributed by atoms with Crippen molar-refractivity contribution in [1.82, 2.24) is 9.97 Å². The summed E-state index contributed by atoms with van der Waals surface area (Å²) >= 11 is 0. The molecule has 2 aromatic heterocycles. The lowest BCUT2D eigenvalue weighted by Crippen LogP contribution is -1.85. The molecule has 0 spiro atoms. The Morgan fingerprint density at radius 1 is 1.55 bits per heavy atom. The van der Waals surface area contributed by atoms with E-state index in [1.54, 1.807) is 6.20 Å². The molecule has 0 saturated heterocycles. The van der Waals surface area contributed by atoms with Crippen molar-refractivity contribution in [2.45, 2.75) is 0 Å². The molecule has 0 amide bonds. The van der Waals surface area contributed by atoms with Crippen LogP contribution in [0.3, 0.4) is 0 Å². The van der Waals surface area contributed by atoms with Gasteiger partial charge in [-0.2, -0.15) is 0 Å².